The summed E-state index contributed by atoms with van der Waals surface area (Å²) in [4.78, 5) is 97.9. The van der Waals surface area contributed by atoms with Crippen LogP contribution in [0.5, 0.6) is 0 Å². The molecule has 4 aliphatic carbocycles. The van der Waals surface area contributed by atoms with Gasteiger partial charge in [0.25, 0.3) is 0 Å². The molecule has 448 valence electrons. The molecule has 1 heterocycles. The summed E-state index contributed by atoms with van der Waals surface area (Å²) in [6.45, 7) is 16.4. The second-order valence-electron chi connectivity index (χ2n) is 25.3. The number of methoxy groups -OCH3 is 4. The van der Waals surface area contributed by atoms with Crippen LogP contribution in [0.25, 0.3) is 0 Å². The fourth-order valence-electron chi connectivity index (χ4n) is 14.9. The molecule has 4 atom stereocenters. The van der Waals surface area contributed by atoms with E-state index in [9.17, 15) is 38.4 Å². The van der Waals surface area contributed by atoms with E-state index in [0.717, 1.165) is 103 Å². The zero-order valence-corrected chi connectivity index (χ0v) is 54.4. The van der Waals surface area contributed by atoms with Crippen molar-refractivity contribution in [1.29, 1.82) is 0 Å². The number of hydrogen-bond donors (Lipinski definition) is 0. The van der Waals surface area contributed by atoms with E-state index < -0.39 is 34.2 Å². The van der Waals surface area contributed by atoms with Crippen LogP contribution >= 0.6 is 0 Å². The molecule has 0 aromatic rings. The van der Waals surface area contributed by atoms with E-state index in [1.54, 1.807) is 52.2 Å². The van der Waals surface area contributed by atoms with Gasteiger partial charge in [-0.05, 0) is 204 Å². The Morgan fingerprint density at radius 3 is 0.650 bits per heavy atom. The van der Waals surface area contributed by atoms with Crippen LogP contribution < -0.4 is 0 Å². The van der Waals surface area contributed by atoms with Crippen LogP contribution in [-0.2, 0) is 73.8 Å². The van der Waals surface area contributed by atoms with Crippen molar-refractivity contribution >= 4 is 81.1 Å². The van der Waals surface area contributed by atoms with Crippen molar-refractivity contribution in [1.82, 2.24) is 0 Å². The SMILES string of the molecule is COCC(C1CCC(CC(=O)C(C)=C=O)CC1)[Si]1(C)O[Si](C)(C(COC)C2CCC(CC(=O)C(C)=C=O)CC2)O[Si](C)(C(COC)C2CCC(CC(=O)C(C)=C=O)CC2)O[Si](C)(C(COC)C2CCC(CC(=O)C(C)=C=O)CC2)O1. The number of rotatable bonds is 28. The lowest BCUT2D eigenvalue weighted by atomic mass is 9.78. The monoisotopic (exact) mass is 1180 g/mol. The van der Waals surface area contributed by atoms with Crippen molar-refractivity contribution in [3.63, 3.8) is 0 Å². The summed E-state index contributed by atoms with van der Waals surface area (Å²) >= 11 is 0. The lowest BCUT2D eigenvalue weighted by Gasteiger charge is -2.59. The maximum Gasteiger partial charge on any atom is 0.323 e. The number of hydrogen-bond acceptors (Lipinski definition) is 16. The topological polar surface area (TPSA) is 210 Å². The van der Waals surface area contributed by atoms with E-state index in [1.165, 1.54) is 27.7 Å². The van der Waals surface area contributed by atoms with Gasteiger partial charge in [0.1, 0.15) is 23.8 Å². The van der Waals surface area contributed by atoms with Crippen LogP contribution in [0.2, 0.25) is 48.4 Å². The normalized spacial score (nSPS) is 33.5. The molecule has 0 aromatic heterocycles. The van der Waals surface area contributed by atoms with E-state index in [2.05, 4.69) is 26.2 Å². The van der Waals surface area contributed by atoms with E-state index >= 15 is 0 Å². The van der Waals surface area contributed by atoms with Gasteiger partial charge >= 0.3 is 34.2 Å². The van der Waals surface area contributed by atoms with E-state index in [1.807, 2.05) is 0 Å². The van der Waals surface area contributed by atoms with Gasteiger partial charge in [-0.2, -0.15) is 0 Å². The minimum atomic E-state index is -3.64. The first kappa shape index (κ1) is 67.8. The van der Waals surface area contributed by atoms with Crippen LogP contribution in [0.4, 0.5) is 0 Å². The Hall–Kier alpha value is -2.97. The molecule has 5 aliphatic rings. The summed E-state index contributed by atoms with van der Waals surface area (Å²) in [6, 6.07) is 0. The van der Waals surface area contributed by atoms with Gasteiger partial charge in [0.15, 0.2) is 23.1 Å². The van der Waals surface area contributed by atoms with Crippen molar-refractivity contribution in [2.75, 3.05) is 54.9 Å². The third kappa shape index (κ3) is 17.6. The highest BCUT2D eigenvalue weighted by molar-refractivity contribution is 6.95. The summed E-state index contributed by atoms with van der Waals surface area (Å²) in [5.41, 5.74) is -0.289. The second-order valence-corrected chi connectivity index (χ2v) is 39.6. The Balaban J connectivity index is 1.68. The molecule has 4 unspecified atom stereocenters. The molecule has 20 heteroatoms. The summed E-state index contributed by atoms with van der Waals surface area (Å²) < 4.78 is 58.4. The first-order valence-electron chi connectivity index (χ1n) is 29.8. The summed E-state index contributed by atoms with van der Waals surface area (Å²) in [5.74, 6) is 7.40. The average molecular weight is 1190 g/mol. The molecule has 0 spiro atoms. The Labute approximate surface area is 481 Å². The van der Waals surface area contributed by atoms with Crippen molar-refractivity contribution in [2.24, 2.45) is 47.3 Å². The van der Waals surface area contributed by atoms with Gasteiger partial charge in [-0.15, -0.1) is 0 Å². The first-order chi connectivity index (χ1) is 38.0. The molecular weight excluding hydrogens is 1090 g/mol. The van der Waals surface area contributed by atoms with E-state index in [4.69, 9.17) is 35.4 Å². The third-order valence-corrected chi connectivity index (χ3v) is 40.6. The number of carbonyl (C=O) groups excluding carboxylic acids is 8. The molecule has 1 aliphatic heterocycles. The van der Waals surface area contributed by atoms with Gasteiger partial charge in [-0.25, -0.2) is 19.2 Å². The molecule has 0 bridgehead atoms. The van der Waals surface area contributed by atoms with Crippen molar-refractivity contribution in [3.8, 4) is 0 Å². The maximum atomic E-state index is 13.0. The molecule has 5 rings (SSSR count). The van der Waals surface area contributed by atoms with Crippen molar-refractivity contribution in [2.45, 2.75) is 204 Å². The van der Waals surface area contributed by atoms with Gasteiger partial charge in [-0.1, -0.05) is 0 Å². The molecule has 1 saturated heterocycles. The Morgan fingerprint density at radius 1 is 0.350 bits per heavy atom. The first-order valence-corrected chi connectivity index (χ1v) is 39.3. The minimum Gasteiger partial charge on any atom is -0.415 e. The fourth-order valence-corrected chi connectivity index (χ4v) is 41.5. The standard InChI is InChI=1S/C60H96O16Si4/c1-41(33-61)53(65)29-45-13-21-49(22-14-45)57(37-69-5)77(9)73-78(10,58(38-70-6)50-23-15-46(16-24-50)30-54(66)42(2)34-62)75-80(12,60(40-72-8)52-27-19-48(20-28-52)32-56(68)44(4)36-64)76-79(11,74-77)59(39-71-7)51-25-17-47(18-26-51)31-55(67)43(3)35-63/h45-52,57-60H,13-32,37-40H2,1-12H3. The minimum absolute atomic E-state index is 0.102. The highest BCUT2D eigenvalue weighted by atomic mass is 28.5. The second kappa shape index (κ2) is 31.2. The summed E-state index contributed by atoms with van der Waals surface area (Å²) in [7, 11) is -7.64. The molecule has 4 saturated carbocycles. The van der Waals surface area contributed by atoms with Crippen LogP contribution in [0.15, 0.2) is 22.3 Å². The number of allylic oxidation sites excluding steroid dienone is 4. The van der Waals surface area contributed by atoms with Gasteiger partial charge in [0.05, 0.1) is 48.7 Å². The quantitative estimate of drug-likeness (QED) is 0.0405. The van der Waals surface area contributed by atoms with Crippen LogP contribution in [0.3, 0.4) is 0 Å². The van der Waals surface area contributed by atoms with E-state index in [0.29, 0.717) is 52.1 Å². The Morgan fingerprint density at radius 2 is 0.512 bits per heavy atom. The maximum absolute atomic E-state index is 13.0. The number of carbonyl (C=O) groups is 4. The van der Waals surface area contributed by atoms with Gasteiger partial charge in [0, 0.05) is 76.3 Å². The van der Waals surface area contributed by atoms with Crippen LogP contribution in [0.1, 0.15) is 156 Å². The lowest BCUT2D eigenvalue weighted by Crippen LogP contribution is -2.73. The van der Waals surface area contributed by atoms with Gasteiger partial charge in [-0.3, -0.25) is 19.2 Å². The summed E-state index contributed by atoms with van der Waals surface area (Å²) in [5, 5.41) is 0. The largest absolute Gasteiger partial charge is 0.415 e. The highest BCUT2D eigenvalue weighted by Gasteiger charge is 2.67. The predicted molar refractivity (Wildman–Crippen MR) is 313 cm³/mol. The molecule has 0 radical (unpaired) electrons. The fraction of sp³-hybridized carbons (Fsp3) is 0.800. The molecule has 16 nitrogen and oxygen atoms in total. The number of ketones is 4. The zero-order valence-electron chi connectivity index (χ0n) is 50.4. The number of Topliss-reactive ketones (excluding diaryl/α,β-unsaturated/α-hetero) is 4. The van der Waals surface area contributed by atoms with E-state index in [-0.39, 0.29) is 115 Å². The van der Waals surface area contributed by atoms with Gasteiger partial charge < -0.3 is 35.4 Å². The average Bonchev–Trinajstić information content (AvgIpc) is 3.44. The summed E-state index contributed by atoms with van der Waals surface area (Å²) in [6.07, 6.45) is 13.9. The lowest BCUT2D eigenvalue weighted by molar-refractivity contribution is -0.117. The third-order valence-electron chi connectivity index (χ3n) is 19.7. The molecular formula is C60H96O16Si4. The predicted octanol–water partition coefficient (Wildman–Crippen LogP) is 10.6. The molecule has 0 amide bonds. The van der Waals surface area contributed by atoms with Crippen LogP contribution in [0, 0.1) is 47.3 Å². The molecule has 5 fully saturated rings. The number of ether oxygens (including phenoxy) is 4. The molecule has 0 aromatic carbocycles. The van der Waals surface area contributed by atoms with Crippen LogP contribution in [-0.4, -0.2) is 136 Å². The smallest absolute Gasteiger partial charge is 0.323 e. The van der Waals surface area contributed by atoms with Crippen molar-refractivity contribution in [3.05, 3.63) is 22.3 Å². The zero-order chi connectivity index (χ0) is 59.0. The van der Waals surface area contributed by atoms with Gasteiger partial charge in [0.2, 0.25) is 0 Å². The molecule has 0 N–H and O–H groups in total. The highest BCUT2D eigenvalue weighted by Crippen LogP contribution is 2.56. The Bertz CT molecular complexity index is 1990. The molecule has 80 heavy (non-hydrogen) atoms. The Kier molecular flexibility index (Phi) is 26.5. The van der Waals surface area contributed by atoms with Crippen molar-refractivity contribution < 1.29 is 73.8 Å².